The number of aliphatic hydroxyl groups is 1. The Morgan fingerprint density at radius 1 is 1.15 bits per heavy atom. The minimum Gasteiger partial charge on any atom is -0.393 e. The zero-order valence-electron chi connectivity index (χ0n) is 18.4. The van der Waals surface area contributed by atoms with Crippen LogP contribution in [0.25, 0.3) is 5.65 Å². The molecule has 4 rings (SSSR count). The van der Waals surface area contributed by atoms with Gasteiger partial charge in [0.15, 0.2) is 5.69 Å². The van der Waals surface area contributed by atoms with Crippen molar-refractivity contribution in [2.45, 2.75) is 89.0 Å². The lowest BCUT2D eigenvalue weighted by Gasteiger charge is -2.28. The summed E-state index contributed by atoms with van der Waals surface area (Å²) in [5.74, 6) is -3.43. The molecule has 0 saturated heterocycles. The summed E-state index contributed by atoms with van der Waals surface area (Å²) in [4.78, 5) is 16.6. The molecule has 0 unspecified atom stereocenters. The highest BCUT2D eigenvalue weighted by molar-refractivity contribution is 5.95. The maximum absolute atomic E-state index is 13.8. The van der Waals surface area contributed by atoms with E-state index in [4.69, 9.17) is 0 Å². The molecule has 2 aliphatic carbocycles. The number of nitrogens with zero attached hydrogens (tertiary/aromatic N) is 2. The van der Waals surface area contributed by atoms with Gasteiger partial charge in [0.1, 0.15) is 5.65 Å². The predicted molar refractivity (Wildman–Crippen MR) is 111 cm³/mol. The van der Waals surface area contributed by atoms with Crippen LogP contribution in [0.5, 0.6) is 0 Å². The van der Waals surface area contributed by atoms with E-state index in [2.05, 4.69) is 10.3 Å². The molecule has 2 N–H and O–H groups in total. The summed E-state index contributed by atoms with van der Waals surface area (Å²) in [6, 6.07) is 2.77. The van der Waals surface area contributed by atoms with E-state index >= 15 is 0 Å². The Morgan fingerprint density at radius 3 is 2.39 bits per heavy atom. The van der Waals surface area contributed by atoms with Crippen LogP contribution < -0.4 is 5.32 Å². The Kier molecular flexibility index (Phi) is 6.41. The number of fused-ring (bicyclic) bond motifs is 1. The van der Waals surface area contributed by atoms with Crippen LogP contribution in [0.15, 0.2) is 12.1 Å². The quantitative estimate of drug-likeness (QED) is 0.610. The summed E-state index contributed by atoms with van der Waals surface area (Å²) >= 11 is 0. The SMILES string of the molecule is Cc1cc(C(=O)NC2CCC(O)CC2)cc2nc(C(F)(F)F)c(CC3CCC(F)(F)CC3)n12. The number of amides is 1. The van der Waals surface area contributed by atoms with Crippen LogP contribution in [0.1, 0.15) is 78.8 Å². The number of rotatable bonds is 4. The third-order valence-corrected chi connectivity index (χ3v) is 6.88. The number of alkyl halides is 5. The van der Waals surface area contributed by atoms with Crippen LogP contribution >= 0.6 is 0 Å². The van der Waals surface area contributed by atoms with Gasteiger partial charge in [0.2, 0.25) is 5.92 Å². The lowest BCUT2D eigenvalue weighted by molar-refractivity contribution is -0.141. The second kappa shape index (κ2) is 8.85. The Hall–Kier alpha value is -2.23. The molecule has 2 aromatic heterocycles. The summed E-state index contributed by atoms with van der Waals surface area (Å²) in [7, 11) is 0. The number of imidazole rings is 1. The smallest absolute Gasteiger partial charge is 0.393 e. The van der Waals surface area contributed by atoms with Gasteiger partial charge in [-0.15, -0.1) is 0 Å². The van der Waals surface area contributed by atoms with E-state index in [-0.39, 0.29) is 67.1 Å². The summed E-state index contributed by atoms with van der Waals surface area (Å²) in [5.41, 5.74) is -0.410. The minimum atomic E-state index is -4.70. The minimum absolute atomic E-state index is 0.00285. The fraction of sp³-hybridized carbons (Fsp3) is 0.652. The van der Waals surface area contributed by atoms with E-state index in [9.17, 15) is 31.9 Å². The molecule has 10 heteroatoms. The number of pyridine rings is 1. The van der Waals surface area contributed by atoms with Gasteiger partial charge in [0.05, 0.1) is 11.8 Å². The van der Waals surface area contributed by atoms with Crippen molar-refractivity contribution in [3.8, 4) is 0 Å². The lowest BCUT2D eigenvalue weighted by Crippen LogP contribution is -2.38. The standard InChI is InChI=1S/C23H28F5N3O2/c1-13-10-15(21(33)29-16-2-4-17(32)5-3-16)12-19-30-20(23(26,27)28)18(31(13)19)11-14-6-8-22(24,25)9-7-14/h10,12,14,16-17,32H,2-9,11H2,1H3,(H,29,33). The fourth-order valence-corrected chi connectivity index (χ4v) is 5.05. The zero-order valence-corrected chi connectivity index (χ0v) is 18.4. The van der Waals surface area contributed by atoms with Crippen LogP contribution in [0.3, 0.4) is 0 Å². The van der Waals surface area contributed by atoms with E-state index in [1.54, 1.807) is 6.92 Å². The molecule has 2 aliphatic rings. The first-order chi connectivity index (χ1) is 15.4. The number of hydrogen-bond acceptors (Lipinski definition) is 3. The van der Waals surface area contributed by atoms with Crippen molar-refractivity contribution in [3.63, 3.8) is 0 Å². The van der Waals surface area contributed by atoms with Gasteiger partial charge >= 0.3 is 6.18 Å². The molecule has 0 aromatic carbocycles. The predicted octanol–water partition coefficient (Wildman–Crippen LogP) is 5.06. The number of aryl methyl sites for hydroxylation is 1. The molecule has 0 radical (unpaired) electrons. The van der Waals surface area contributed by atoms with E-state index in [1.807, 2.05) is 0 Å². The maximum atomic E-state index is 13.8. The largest absolute Gasteiger partial charge is 0.435 e. The number of nitrogens with one attached hydrogen (secondary N) is 1. The van der Waals surface area contributed by atoms with Gasteiger partial charge in [0.25, 0.3) is 5.91 Å². The van der Waals surface area contributed by atoms with Crippen LogP contribution in [-0.2, 0) is 12.6 Å². The lowest BCUT2D eigenvalue weighted by atomic mass is 9.83. The molecule has 0 atom stereocenters. The first kappa shape index (κ1) is 23.9. The number of halogens is 5. The van der Waals surface area contributed by atoms with E-state index in [0.717, 1.165) is 0 Å². The van der Waals surface area contributed by atoms with Crippen LogP contribution in [0.4, 0.5) is 22.0 Å². The molecule has 33 heavy (non-hydrogen) atoms. The molecular formula is C23H28F5N3O2. The van der Waals surface area contributed by atoms with E-state index < -0.39 is 23.7 Å². The van der Waals surface area contributed by atoms with Gasteiger partial charge in [-0.1, -0.05) is 0 Å². The van der Waals surface area contributed by atoms with Gasteiger partial charge in [0, 0.05) is 30.1 Å². The van der Waals surface area contributed by atoms with Crippen molar-refractivity contribution >= 4 is 11.6 Å². The van der Waals surface area contributed by atoms with Crippen LogP contribution in [0.2, 0.25) is 0 Å². The topological polar surface area (TPSA) is 66.6 Å². The van der Waals surface area contributed by atoms with Crippen molar-refractivity contribution < 1.29 is 31.9 Å². The molecule has 2 fully saturated rings. The number of carbonyl (C=O) groups is 1. The maximum Gasteiger partial charge on any atom is 0.435 e. The summed E-state index contributed by atoms with van der Waals surface area (Å²) < 4.78 is 69.8. The molecule has 1 amide bonds. The van der Waals surface area contributed by atoms with Crippen LogP contribution in [-0.4, -0.2) is 38.5 Å². The molecule has 2 aromatic rings. The Labute approximate surface area is 188 Å². The van der Waals surface area contributed by atoms with Crippen molar-refractivity contribution in [1.82, 2.24) is 14.7 Å². The van der Waals surface area contributed by atoms with Crippen molar-refractivity contribution in [1.29, 1.82) is 0 Å². The average molecular weight is 473 g/mol. The van der Waals surface area contributed by atoms with E-state index in [0.29, 0.717) is 31.4 Å². The number of aromatic nitrogens is 2. The van der Waals surface area contributed by atoms with Gasteiger partial charge in [-0.05, 0) is 69.9 Å². The second-order valence-corrected chi connectivity index (χ2v) is 9.47. The average Bonchev–Trinajstić information content (AvgIpc) is 3.10. The van der Waals surface area contributed by atoms with Gasteiger partial charge in [-0.3, -0.25) is 4.79 Å². The fourth-order valence-electron chi connectivity index (χ4n) is 5.05. The van der Waals surface area contributed by atoms with Crippen molar-refractivity contribution in [3.05, 3.63) is 34.8 Å². The first-order valence-electron chi connectivity index (χ1n) is 11.4. The molecule has 0 spiro atoms. The Morgan fingerprint density at radius 2 is 1.79 bits per heavy atom. The second-order valence-electron chi connectivity index (χ2n) is 9.47. The third-order valence-electron chi connectivity index (χ3n) is 6.88. The number of carbonyl (C=O) groups excluding carboxylic acids is 1. The van der Waals surface area contributed by atoms with Crippen LogP contribution in [0, 0.1) is 12.8 Å². The molecule has 5 nitrogen and oxygen atoms in total. The number of hydrogen-bond donors (Lipinski definition) is 2. The van der Waals surface area contributed by atoms with Crippen molar-refractivity contribution in [2.75, 3.05) is 0 Å². The highest BCUT2D eigenvalue weighted by Gasteiger charge is 2.40. The van der Waals surface area contributed by atoms with Gasteiger partial charge in [-0.25, -0.2) is 13.8 Å². The molecule has 0 aliphatic heterocycles. The van der Waals surface area contributed by atoms with Gasteiger partial charge in [-0.2, -0.15) is 13.2 Å². The summed E-state index contributed by atoms with van der Waals surface area (Å²) in [5, 5.41) is 12.5. The van der Waals surface area contributed by atoms with E-state index in [1.165, 1.54) is 16.5 Å². The van der Waals surface area contributed by atoms with Gasteiger partial charge < -0.3 is 14.8 Å². The molecule has 0 bridgehead atoms. The van der Waals surface area contributed by atoms with Crippen molar-refractivity contribution in [2.24, 2.45) is 5.92 Å². The monoisotopic (exact) mass is 473 g/mol. The highest BCUT2D eigenvalue weighted by Crippen LogP contribution is 2.40. The number of aliphatic hydroxyl groups excluding tert-OH is 1. The molecular weight excluding hydrogens is 445 g/mol. The summed E-state index contributed by atoms with van der Waals surface area (Å²) in [6.07, 6.45) is -2.92. The Balaban J connectivity index is 1.62. The first-order valence-corrected chi connectivity index (χ1v) is 11.4. The third kappa shape index (κ3) is 5.31. The normalized spacial score (nSPS) is 24.2. The zero-order chi connectivity index (χ0) is 24.0. The highest BCUT2D eigenvalue weighted by atomic mass is 19.4. The molecule has 182 valence electrons. The molecule has 2 heterocycles. The summed E-state index contributed by atoms with van der Waals surface area (Å²) in [6.45, 7) is 1.61. The Bertz CT molecular complexity index is 1020. The molecule has 2 saturated carbocycles.